The lowest BCUT2D eigenvalue weighted by Crippen LogP contribution is -2.36. The maximum Gasteiger partial charge on any atom is 0.303 e. The van der Waals surface area contributed by atoms with Crippen molar-refractivity contribution in [2.24, 2.45) is 5.73 Å². The highest BCUT2D eigenvalue weighted by Crippen LogP contribution is 2.27. The molecule has 1 amide bonds. The summed E-state index contributed by atoms with van der Waals surface area (Å²) in [6.07, 6.45) is 1.50. The molecule has 1 aliphatic rings. The molecule has 2 heterocycles. The van der Waals surface area contributed by atoms with Crippen LogP contribution in [0.2, 0.25) is 0 Å². The number of amides is 1. The van der Waals surface area contributed by atoms with Crippen LogP contribution in [0.4, 0.5) is 0 Å². The highest BCUT2D eigenvalue weighted by Gasteiger charge is 2.34. The molecule has 1 radical (unpaired) electrons. The van der Waals surface area contributed by atoms with Crippen LogP contribution in [0.15, 0.2) is 17.2 Å². The predicted molar refractivity (Wildman–Crippen MR) is 61.6 cm³/mol. The largest absolute Gasteiger partial charge is 0.458 e. The third-order valence-electron chi connectivity index (χ3n) is 2.58. The number of ether oxygens (including phenoxy) is 2. The first kappa shape index (κ1) is 13.2. The van der Waals surface area contributed by atoms with Crippen LogP contribution in [0.5, 0.6) is 0 Å². The summed E-state index contributed by atoms with van der Waals surface area (Å²) in [5.74, 6) is -1.41. The number of aromatic nitrogens is 2. The van der Waals surface area contributed by atoms with E-state index < -0.39 is 29.8 Å². The Labute approximate surface area is 108 Å². The normalized spacial score (nSPS) is 22.2. The minimum atomic E-state index is -0.926. The highest BCUT2D eigenvalue weighted by molar-refractivity contribution is 5.90. The smallest absolute Gasteiger partial charge is 0.303 e. The Hall–Kier alpha value is -2.22. The van der Waals surface area contributed by atoms with Gasteiger partial charge in [-0.05, 0) is 0 Å². The fourth-order valence-corrected chi connectivity index (χ4v) is 1.81. The average Bonchev–Trinajstić information content (AvgIpc) is 2.76. The lowest BCUT2D eigenvalue weighted by Gasteiger charge is -2.20. The summed E-state index contributed by atoms with van der Waals surface area (Å²) >= 11 is 0. The van der Waals surface area contributed by atoms with Gasteiger partial charge in [-0.1, -0.05) is 0 Å². The SMILES string of the molecule is CC(=O)O[C@@H]1C[CH]O[C@H]1n1ccnc(C(N)=O)c1=O. The molecule has 0 unspecified atom stereocenters. The highest BCUT2D eigenvalue weighted by atomic mass is 16.6. The van der Waals surface area contributed by atoms with E-state index in [9.17, 15) is 14.4 Å². The number of esters is 1. The zero-order valence-corrected chi connectivity index (χ0v) is 10.1. The van der Waals surface area contributed by atoms with Gasteiger partial charge in [-0.15, -0.1) is 0 Å². The fourth-order valence-electron chi connectivity index (χ4n) is 1.81. The van der Waals surface area contributed by atoms with Gasteiger partial charge in [0.25, 0.3) is 11.5 Å². The van der Waals surface area contributed by atoms with Gasteiger partial charge in [0.15, 0.2) is 11.9 Å². The van der Waals surface area contributed by atoms with Gasteiger partial charge >= 0.3 is 5.97 Å². The lowest BCUT2D eigenvalue weighted by molar-refractivity contribution is -0.151. The quantitative estimate of drug-likeness (QED) is 0.727. The molecular weight excluding hydrogens is 254 g/mol. The molecule has 0 aromatic carbocycles. The molecule has 2 N–H and O–H groups in total. The monoisotopic (exact) mass is 266 g/mol. The molecule has 1 fully saturated rings. The standard InChI is InChI=1S/C11H12N3O5/c1-6(15)19-7-2-5-18-11(7)14-4-3-13-8(9(12)16)10(14)17/h3-5,7,11H,2H2,1H3,(H2,12,16)/t7-,11-/m1/s1. The maximum atomic E-state index is 12.0. The number of carbonyl (C=O) groups excluding carboxylic acids is 2. The van der Waals surface area contributed by atoms with Crippen LogP contribution in [0.3, 0.4) is 0 Å². The summed E-state index contributed by atoms with van der Waals surface area (Å²) in [6.45, 7) is 2.70. The number of nitrogens with zero attached hydrogens (tertiary/aromatic N) is 2. The molecule has 8 nitrogen and oxygen atoms in total. The van der Waals surface area contributed by atoms with Crippen LogP contribution in [0.1, 0.15) is 30.1 Å². The molecule has 1 aromatic rings. The summed E-state index contributed by atoms with van der Waals surface area (Å²) in [5.41, 5.74) is 3.97. The predicted octanol–water partition coefficient (Wildman–Crippen LogP) is -0.645. The van der Waals surface area contributed by atoms with E-state index in [2.05, 4.69) is 4.98 Å². The number of nitrogens with two attached hydrogens (primary N) is 1. The Morgan fingerprint density at radius 1 is 1.58 bits per heavy atom. The number of primary amides is 1. The van der Waals surface area contributed by atoms with E-state index >= 15 is 0 Å². The van der Waals surface area contributed by atoms with Crippen molar-refractivity contribution in [2.45, 2.75) is 25.7 Å². The first-order valence-corrected chi connectivity index (χ1v) is 5.52. The van der Waals surface area contributed by atoms with Crippen molar-refractivity contribution in [3.05, 3.63) is 35.0 Å². The summed E-state index contributed by atoms with van der Waals surface area (Å²) in [7, 11) is 0. The minimum Gasteiger partial charge on any atom is -0.458 e. The van der Waals surface area contributed by atoms with Crippen molar-refractivity contribution in [3.63, 3.8) is 0 Å². The van der Waals surface area contributed by atoms with Crippen LogP contribution in [-0.4, -0.2) is 27.5 Å². The molecule has 2 atom stereocenters. The topological polar surface area (TPSA) is 114 Å². The lowest BCUT2D eigenvalue weighted by atomic mass is 10.2. The van der Waals surface area contributed by atoms with Gasteiger partial charge in [-0.25, -0.2) is 4.98 Å². The number of carbonyl (C=O) groups is 2. The maximum absolute atomic E-state index is 12.0. The molecule has 101 valence electrons. The second-order valence-electron chi connectivity index (χ2n) is 3.93. The third-order valence-corrected chi connectivity index (χ3v) is 2.58. The molecule has 0 aliphatic carbocycles. The molecular formula is C11H12N3O5. The zero-order valence-electron chi connectivity index (χ0n) is 10.1. The summed E-state index contributed by atoms with van der Waals surface area (Å²) < 4.78 is 11.4. The number of hydrogen-bond donors (Lipinski definition) is 1. The Morgan fingerprint density at radius 3 is 2.95 bits per heavy atom. The first-order chi connectivity index (χ1) is 9.00. The first-order valence-electron chi connectivity index (χ1n) is 5.52. The Bertz CT molecular complexity index is 568. The van der Waals surface area contributed by atoms with Crippen LogP contribution in [0.25, 0.3) is 0 Å². The van der Waals surface area contributed by atoms with E-state index in [0.717, 1.165) is 4.57 Å². The van der Waals surface area contributed by atoms with Gasteiger partial charge in [-0.3, -0.25) is 19.0 Å². The molecule has 1 aromatic heterocycles. The van der Waals surface area contributed by atoms with Crippen LogP contribution in [0, 0.1) is 6.61 Å². The average molecular weight is 266 g/mol. The molecule has 0 bridgehead atoms. The van der Waals surface area contributed by atoms with Crippen molar-refractivity contribution >= 4 is 11.9 Å². The summed E-state index contributed by atoms with van der Waals surface area (Å²) in [5, 5.41) is 0. The van der Waals surface area contributed by atoms with Crippen molar-refractivity contribution < 1.29 is 19.1 Å². The molecule has 0 saturated carbocycles. The molecule has 2 rings (SSSR count). The van der Waals surface area contributed by atoms with Crippen molar-refractivity contribution in [1.29, 1.82) is 0 Å². The number of rotatable bonds is 3. The van der Waals surface area contributed by atoms with Gasteiger partial charge in [0.2, 0.25) is 0 Å². The molecule has 8 heteroatoms. The summed E-state index contributed by atoms with van der Waals surface area (Å²) in [4.78, 5) is 37.6. The van der Waals surface area contributed by atoms with Gasteiger partial charge in [0, 0.05) is 25.7 Å². The van der Waals surface area contributed by atoms with E-state index in [-0.39, 0.29) is 5.69 Å². The fraction of sp³-hybridized carbons (Fsp3) is 0.364. The van der Waals surface area contributed by atoms with Crippen molar-refractivity contribution in [2.75, 3.05) is 0 Å². The van der Waals surface area contributed by atoms with Crippen LogP contribution < -0.4 is 11.3 Å². The van der Waals surface area contributed by atoms with Crippen molar-refractivity contribution in [3.8, 4) is 0 Å². The van der Waals surface area contributed by atoms with E-state index in [1.54, 1.807) is 0 Å². The Morgan fingerprint density at radius 2 is 2.32 bits per heavy atom. The second-order valence-corrected chi connectivity index (χ2v) is 3.93. The van der Waals surface area contributed by atoms with E-state index in [0.29, 0.717) is 6.42 Å². The summed E-state index contributed by atoms with van der Waals surface area (Å²) in [6, 6.07) is 0. The Kier molecular flexibility index (Phi) is 3.61. The van der Waals surface area contributed by atoms with E-state index in [1.165, 1.54) is 25.9 Å². The molecule has 1 aliphatic heterocycles. The van der Waals surface area contributed by atoms with Crippen molar-refractivity contribution in [1.82, 2.24) is 9.55 Å². The minimum absolute atomic E-state index is 0.352. The zero-order chi connectivity index (χ0) is 14.0. The van der Waals surface area contributed by atoms with Gasteiger partial charge < -0.3 is 15.2 Å². The molecule has 19 heavy (non-hydrogen) atoms. The van der Waals surface area contributed by atoms with Crippen LogP contribution >= 0.6 is 0 Å². The Balaban J connectivity index is 2.36. The molecule has 1 saturated heterocycles. The second kappa shape index (κ2) is 5.19. The molecule has 0 spiro atoms. The van der Waals surface area contributed by atoms with Gasteiger partial charge in [0.05, 0.1) is 6.61 Å². The van der Waals surface area contributed by atoms with E-state index in [1.807, 2.05) is 0 Å². The van der Waals surface area contributed by atoms with E-state index in [4.69, 9.17) is 15.2 Å². The van der Waals surface area contributed by atoms with Gasteiger partial charge in [0.1, 0.15) is 6.10 Å². The van der Waals surface area contributed by atoms with Gasteiger partial charge in [-0.2, -0.15) is 0 Å². The van der Waals surface area contributed by atoms with Crippen LogP contribution in [-0.2, 0) is 14.3 Å². The number of hydrogen-bond acceptors (Lipinski definition) is 6. The third kappa shape index (κ3) is 2.63.